The van der Waals surface area contributed by atoms with Crippen LogP contribution < -0.4 is 24.3 Å². The van der Waals surface area contributed by atoms with Gasteiger partial charge in [0.15, 0.2) is 11.5 Å². The number of benzene rings is 2. The topological polar surface area (TPSA) is 69.3 Å². The molecule has 1 amide bonds. The van der Waals surface area contributed by atoms with Gasteiger partial charge in [-0.25, -0.2) is 0 Å². The van der Waals surface area contributed by atoms with Gasteiger partial charge in [0.2, 0.25) is 5.91 Å². The van der Waals surface area contributed by atoms with Crippen LogP contribution in [0.3, 0.4) is 0 Å². The zero-order valence-electron chi connectivity index (χ0n) is 17.8. The van der Waals surface area contributed by atoms with Crippen molar-refractivity contribution in [2.24, 2.45) is 0 Å². The fraction of sp³-hybridized carbons (Fsp3) is 0.435. The van der Waals surface area contributed by atoms with E-state index in [1.807, 2.05) is 6.07 Å². The van der Waals surface area contributed by atoms with Gasteiger partial charge in [0.05, 0.1) is 44.7 Å². The van der Waals surface area contributed by atoms with Crippen LogP contribution in [0.25, 0.3) is 0 Å². The normalized spacial score (nSPS) is 18.4. The maximum Gasteiger partial charge on any atom is 0.238 e. The third kappa shape index (κ3) is 4.83. The Morgan fingerprint density at radius 1 is 1.10 bits per heavy atom. The Labute approximate surface area is 187 Å². The highest BCUT2D eigenvalue weighted by Crippen LogP contribution is 2.38. The molecule has 2 aromatic carbocycles. The second-order valence-electron chi connectivity index (χ2n) is 7.62. The van der Waals surface area contributed by atoms with Crippen molar-refractivity contribution in [1.82, 2.24) is 4.90 Å². The van der Waals surface area contributed by atoms with Crippen molar-refractivity contribution in [3.63, 3.8) is 0 Å². The van der Waals surface area contributed by atoms with E-state index in [0.29, 0.717) is 35.4 Å². The summed E-state index contributed by atoms with van der Waals surface area (Å²) in [6.07, 6.45) is 2.90. The summed E-state index contributed by atoms with van der Waals surface area (Å²) in [5, 5.41) is 3.35. The molecule has 1 fully saturated rings. The van der Waals surface area contributed by atoms with Crippen LogP contribution in [-0.4, -0.2) is 51.3 Å². The Morgan fingerprint density at radius 3 is 2.65 bits per heavy atom. The summed E-state index contributed by atoms with van der Waals surface area (Å²) in [7, 11) is 3.07. The van der Waals surface area contributed by atoms with Crippen LogP contribution in [0.4, 0.5) is 5.69 Å². The molecule has 1 N–H and O–H groups in total. The van der Waals surface area contributed by atoms with Crippen LogP contribution in [0.1, 0.15) is 30.9 Å². The number of carbonyl (C=O) groups excluding carboxylic acids is 1. The maximum absolute atomic E-state index is 12.8. The van der Waals surface area contributed by atoms with Crippen molar-refractivity contribution in [2.45, 2.75) is 25.3 Å². The molecule has 1 atom stereocenters. The van der Waals surface area contributed by atoms with Gasteiger partial charge in [-0.1, -0.05) is 17.7 Å². The number of likely N-dealkylation sites (tertiary alicyclic amines) is 1. The number of hydrogen-bond acceptors (Lipinski definition) is 6. The summed E-state index contributed by atoms with van der Waals surface area (Å²) < 4.78 is 22.2. The number of rotatable bonds is 6. The molecule has 0 aromatic heterocycles. The van der Waals surface area contributed by atoms with Crippen LogP contribution in [-0.2, 0) is 4.79 Å². The Kier molecular flexibility index (Phi) is 6.73. The summed E-state index contributed by atoms with van der Waals surface area (Å²) in [4.78, 5) is 15.0. The third-order valence-electron chi connectivity index (χ3n) is 5.61. The number of nitrogens with one attached hydrogen (secondary N) is 1. The number of anilines is 1. The molecule has 31 heavy (non-hydrogen) atoms. The fourth-order valence-electron chi connectivity index (χ4n) is 4.11. The maximum atomic E-state index is 12.8. The Hall–Kier alpha value is -2.64. The molecule has 0 saturated carbocycles. The molecule has 2 aliphatic heterocycles. The number of carbonyl (C=O) groups is 1. The lowest BCUT2D eigenvalue weighted by atomic mass is 10.0. The van der Waals surface area contributed by atoms with Gasteiger partial charge in [0.1, 0.15) is 11.5 Å². The molecule has 0 spiro atoms. The molecule has 2 heterocycles. The first-order valence-corrected chi connectivity index (χ1v) is 10.8. The van der Waals surface area contributed by atoms with Gasteiger partial charge in [-0.15, -0.1) is 0 Å². The van der Waals surface area contributed by atoms with E-state index in [1.54, 1.807) is 12.1 Å². The summed E-state index contributed by atoms with van der Waals surface area (Å²) in [6, 6.07) is 9.55. The first kappa shape index (κ1) is 21.6. The van der Waals surface area contributed by atoms with Crippen LogP contribution in [0.5, 0.6) is 23.0 Å². The van der Waals surface area contributed by atoms with Gasteiger partial charge < -0.3 is 24.3 Å². The fourth-order valence-corrected chi connectivity index (χ4v) is 4.34. The van der Waals surface area contributed by atoms with Crippen LogP contribution in [0.15, 0.2) is 30.3 Å². The first-order chi connectivity index (χ1) is 15.1. The molecular weight excluding hydrogens is 420 g/mol. The predicted molar refractivity (Wildman–Crippen MR) is 119 cm³/mol. The molecule has 0 radical (unpaired) electrons. The van der Waals surface area contributed by atoms with Gasteiger partial charge in [-0.3, -0.25) is 9.69 Å². The van der Waals surface area contributed by atoms with E-state index in [1.165, 1.54) is 14.2 Å². The summed E-state index contributed by atoms with van der Waals surface area (Å²) in [5.74, 6) is 2.41. The lowest BCUT2D eigenvalue weighted by Crippen LogP contribution is -2.33. The van der Waals surface area contributed by atoms with Gasteiger partial charge >= 0.3 is 0 Å². The van der Waals surface area contributed by atoms with E-state index in [-0.39, 0.29) is 18.5 Å². The van der Waals surface area contributed by atoms with E-state index < -0.39 is 0 Å². The van der Waals surface area contributed by atoms with Crippen molar-refractivity contribution in [3.8, 4) is 23.0 Å². The van der Waals surface area contributed by atoms with Crippen molar-refractivity contribution >= 4 is 23.2 Å². The van der Waals surface area contributed by atoms with Crippen LogP contribution in [0.2, 0.25) is 5.02 Å². The largest absolute Gasteiger partial charge is 0.495 e. The quantitative estimate of drug-likeness (QED) is 0.713. The minimum Gasteiger partial charge on any atom is -0.495 e. The molecular formula is C23H27ClN2O5. The molecule has 2 aromatic rings. The summed E-state index contributed by atoms with van der Waals surface area (Å²) in [5.41, 5.74) is 1.67. The van der Waals surface area contributed by atoms with E-state index in [4.69, 9.17) is 30.5 Å². The molecule has 1 saturated heterocycles. The molecule has 0 bridgehead atoms. The molecule has 7 nitrogen and oxygen atoms in total. The van der Waals surface area contributed by atoms with Crippen LogP contribution >= 0.6 is 11.6 Å². The lowest BCUT2D eigenvalue weighted by Gasteiger charge is -2.25. The average molecular weight is 447 g/mol. The first-order valence-electron chi connectivity index (χ1n) is 10.4. The standard InChI is InChI=1S/C23H27ClN2O5/c1-28-20-13-17(21(29-2)12-16(20)24)25-23(27)14-26-8-3-5-18(26)15-6-7-19-22(11-15)31-10-4-9-30-19/h6-7,11-13,18H,3-5,8-10,14H2,1-2H3,(H,25,27)/t18-/m0/s1. The van der Waals surface area contributed by atoms with E-state index in [2.05, 4.69) is 22.3 Å². The molecule has 4 rings (SSSR count). The third-order valence-corrected chi connectivity index (χ3v) is 5.91. The smallest absolute Gasteiger partial charge is 0.238 e. The Balaban J connectivity index is 1.47. The monoisotopic (exact) mass is 446 g/mol. The number of fused-ring (bicyclic) bond motifs is 1. The van der Waals surface area contributed by atoms with E-state index >= 15 is 0 Å². The molecule has 0 unspecified atom stereocenters. The van der Waals surface area contributed by atoms with Crippen molar-refractivity contribution in [3.05, 3.63) is 40.9 Å². The SMILES string of the molecule is COc1cc(NC(=O)CN2CCC[C@H]2c2ccc3c(c2)OCCCO3)c(OC)cc1Cl. The van der Waals surface area contributed by atoms with Crippen LogP contribution in [0, 0.1) is 0 Å². The van der Waals surface area contributed by atoms with Crippen molar-refractivity contribution in [1.29, 1.82) is 0 Å². The van der Waals surface area contributed by atoms with Gasteiger partial charge in [-0.2, -0.15) is 0 Å². The highest BCUT2D eigenvalue weighted by atomic mass is 35.5. The lowest BCUT2D eigenvalue weighted by molar-refractivity contribution is -0.117. The van der Waals surface area contributed by atoms with E-state index in [9.17, 15) is 4.79 Å². The van der Waals surface area contributed by atoms with Crippen molar-refractivity contribution in [2.75, 3.05) is 45.8 Å². The summed E-state index contributed by atoms with van der Waals surface area (Å²) >= 11 is 6.16. The minimum atomic E-state index is -0.121. The predicted octanol–water partition coefficient (Wildman–Crippen LogP) is 4.29. The molecule has 2 aliphatic rings. The highest BCUT2D eigenvalue weighted by Gasteiger charge is 2.29. The average Bonchev–Trinajstić information content (AvgIpc) is 3.09. The van der Waals surface area contributed by atoms with Gasteiger partial charge in [0.25, 0.3) is 0 Å². The number of ether oxygens (including phenoxy) is 4. The van der Waals surface area contributed by atoms with Crippen molar-refractivity contribution < 1.29 is 23.7 Å². The molecule has 0 aliphatic carbocycles. The second-order valence-corrected chi connectivity index (χ2v) is 8.03. The number of nitrogens with zero attached hydrogens (tertiary/aromatic N) is 1. The zero-order valence-corrected chi connectivity index (χ0v) is 18.5. The molecule has 166 valence electrons. The van der Waals surface area contributed by atoms with Gasteiger partial charge in [0, 0.05) is 24.6 Å². The summed E-state index contributed by atoms with van der Waals surface area (Å²) in [6.45, 7) is 2.45. The van der Waals surface area contributed by atoms with Gasteiger partial charge in [-0.05, 0) is 37.1 Å². The van der Waals surface area contributed by atoms with E-state index in [0.717, 1.165) is 42.9 Å². The Morgan fingerprint density at radius 2 is 1.87 bits per heavy atom. The Bertz CT molecular complexity index is 952. The minimum absolute atomic E-state index is 0.121. The highest BCUT2D eigenvalue weighted by molar-refractivity contribution is 6.32. The molecule has 8 heteroatoms. The number of amides is 1. The number of halogens is 1. The number of hydrogen-bond donors (Lipinski definition) is 1. The second kappa shape index (κ2) is 9.66. The number of methoxy groups -OCH3 is 2. The zero-order chi connectivity index (χ0) is 21.8.